The van der Waals surface area contributed by atoms with E-state index in [2.05, 4.69) is 36.7 Å². The Kier molecular flexibility index (Phi) is 8.68. The Bertz CT molecular complexity index is 686. The van der Waals surface area contributed by atoms with Gasteiger partial charge in [-0.3, -0.25) is 0 Å². The summed E-state index contributed by atoms with van der Waals surface area (Å²) in [5.41, 5.74) is 2.67. The lowest BCUT2D eigenvalue weighted by Gasteiger charge is -2.11. The molecule has 0 spiro atoms. The Balaban J connectivity index is 0.00000288. The van der Waals surface area contributed by atoms with Crippen molar-refractivity contribution in [2.75, 3.05) is 6.54 Å². The van der Waals surface area contributed by atoms with Crippen LogP contribution in [0.25, 0.3) is 0 Å². The molecule has 0 bridgehead atoms. The van der Waals surface area contributed by atoms with E-state index in [4.69, 9.17) is 4.52 Å². The quantitative estimate of drug-likeness (QED) is 0.361. The van der Waals surface area contributed by atoms with Crippen molar-refractivity contribution in [2.45, 2.75) is 33.9 Å². The monoisotopic (exact) mass is 510 g/mol. The van der Waals surface area contributed by atoms with E-state index in [9.17, 15) is 4.39 Å². The van der Waals surface area contributed by atoms with E-state index in [-0.39, 0.29) is 29.8 Å². The number of hydrogen-bond acceptors (Lipinski definition) is 3. The van der Waals surface area contributed by atoms with Gasteiger partial charge in [0.2, 0.25) is 0 Å². The van der Waals surface area contributed by atoms with Gasteiger partial charge in [-0.15, -0.1) is 24.0 Å². The minimum Gasteiger partial charge on any atom is -0.361 e. The second-order valence-corrected chi connectivity index (χ2v) is 5.94. The van der Waals surface area contributed by atoms with Crippen LogP contribution in [0, 0.1) is 19.7 Å². The summed E-state index contributed by atoms with van der Waals surface area (Å²) >= 11 is 3.41. The van der Waals surface area contributed by atoms with Crippen LogP contribution in [0.1, 0.15) is 29.5 Å². The van der Waals surface area contributed by atoms with Gasteiger partial charge in [0, 0.05) is 23.1 Å². The van der Waals surface area contributed by atoms with Gasteiger partial charge in [0.15, 0.2) is 5.96 Å². The zero-order valence-corrected chi connectivity index (χ0v) is 17.7. The third-order valence-corrected chi connectivity index (χ3v) is 4.15. The first-order valence-electron chi connectivity index (χ1n) is 7.39. The van der Waals surface area contributed by atoms with Crippen LogP contribution < -0.4 is 10.6 Å². The predicted octanol–water partition coefficient (Wildman–Crippen LogP) is 4.07. The van der Waals surface area contributed by atoms with E-state index in [1.165, 1.54) is 12.1 Å². The van der Waals surface area contributed by atoms with E-state index in [1.807, 2.05) is 20.8 Å². The Morgan fingerprint density at radius 2 is 2.08 bits per heavy atom. The molecular weight excluding hydrogens is 490 g/mol. The lowest BCUT2D eigenvalue weighted by atomic mass is 10.2. The predicted molar refractivity (Wildman–Crippen MR) is 107 cm³/mol. The number of hydrogen-bond donors (Lipinski definition) is 2. The highest BCUT2D eigenvalue weighted by atomic mass is 127. The van der Waals surface area contributed by atoms with Crippen LogP contribution in [0.2, 0.25) is 0 Å². The SMILES string of the molecule is CCNC(=NCc1cc(F)ccc1Br)NCc1c(C)noc1C.I. The third kappa shape index (κ3) is 5.73. The number of aliphatic imine (C=N–C) groups is 1. The number of aryl methyl sites for hydroxylation is 2. The molecule has 0 fully saturated rings. The van der Waals surface area contributed by atoms with Gasteiger partial charge >= 0.3 is 0 Å². The minimum atomic E-state index is -0.271. The second kappa shape index (κ2) is 9.97. The summed E-state index contributed by atoms with van der Waals surface area (Å²) in [6.45, 7) is 7.45. The van der Waals surface area contributed by atoms with E-state index < -0.39 is 0 Å². The second-order valence-electron chi connectivity index (χ2n) is 5.09. The smallest absolute Gasteiger partial charge is 0.191 e. The van der Waals surface area contributed by atoms with Gasteiger partial charge in [0.25, 0.3) is 0 Å². The molecule has 0 aliphatic rings. The molecule has 24 heavy (non-hydrogen) atoms. The van der Waals surface area contributed by atoms with Crippen LogP contribution >= 0.6 is 39.9 Å². The van der Waals surface area contributed by atoms with Crippen molar-refractivity contribution in [3.05, 3.63) is 51.1 Å². The Hall–Kier alpha value is -1.16. The van der Waals surface area contributed by atoms with Crippen molar-refractivity contribution in [2.24, 2.45) is 4.99 Å². The Morgan fingerprint density at radius 1 is 1.33 bits per heavy atom. The van der Waals surface area contributed by atoms with Gasteiger partial charge in [-0.2, -0.15) is 0 Å². The number of halogens is 3. The topological polar surface area (TPSA) is 62.5 Å². The highest BCUT2D eigenvalue weighted by Gasteiger charge is 2.09. The van der Waals surface area contributed by atoms with Crippen molar-refractivity contribution >= 4 is 45.9 Å². The zero-order valence-electron chi connectivity index (χ0n) is 13.8. The fraction of sp³-hybridized carbons (Fsp3) is 0.375. The van der Waals surface area contributed by atoms with Crippen molar-refractivity contribution < 1.29 is 8.91 Å². The summed E-state index contributed by atoms with van der Waals surface area (Å²) in [5.74, 6) is 1.18. The first-order chi connectivity index (χ1) is 11.0. The van der Waals surface area contributed by atoms with Crippen molar-refractivity contribution in [3.63, 3.8) is 0 Å². The number of benzene rings is 1. The summed E-state index contributed by atoms with van der Waals surface area (Å²) in [4.78, 5) is 4.49. The lowest BCUT2D eigenvalue weighted by Crippen LogP contribution is -2.37. The molecule has 0 atom stereocenters. The minimum absolute atomic E-state index is 0. The summed E-state index contributed by atoms with van der Waals surface area (Å²) in [6.07, 6.45) is 0. The molecule has 1 aromatic heterocycles. The maximum atomic E-state index is 13.3. The van der Waals surface area contributed by atoms with Gasteiger partial charge in [-0.25, -0.2) is 9.38 Å². The van der Waals surface area contributed by atoms with Gasteiger partial charge in [0.1, 0.15) is 11.6 Å². The molecule has 2 aromatic rings. The van der Waals surface area contributed by atoms with Crippen LogP contribution in [-0.4, -0.2) is 17.7 Å². The fourth-order valence-electron chi connectivity index (χ4n) is 2.10. The van der Waals surface area contributed by atoms with Crippen LogP contribution in [0.3, 0.4) is 0 Å². The molecule has 8 heteroatoms. The van der Waals surface area contributed by atoms with E-state index in [1.54, 1.807) is 6.07 Å². The van der Waals surface area contributed by atoms with Crippen LogP contribution in [-0.2, 0) is 13.1 Å². The molecule has 0 radical (unpaired) electrons. The molecule has 0 saturated heterocycles. The van der Waals surface area contributed by atoms with Crippen LogP contribution in [0.5, 0.6) is 0 Å². The van der Waals surface area contributed by atoms with Crippen LogP contribution in [0.4, 0.5) is 4.39 Å². The van der Waals surface area contributed by atoms with Gasteiger partial charge in [0.05, 0.1) is 12.2 Å². The van der Waals surface area contributed by atoms with Crippen molar-refractivity contribution in [3.8, 4) is 0 Å². The molecule has 1 aromatic carbocycles. The number of aromatic nitrogens is 1. The molecule has 0 amide bonds. The normalized spacial score (nSPS) is 11.1. The first kappa shape index (κ1) is 20.9. The van der Waals surface area contributed by atoms with E-state index >= 15 is 0 Å². The average Bonchev–Trinajstić information content (AvgIpc) is 2.84. The number of nitrogens with one attached hydrogen (secondary N) is 2. The molecule has 2 N–H and O–H groups in total. The third-order valence-electron chi connectivity index (χ3n) is 3.37. The maximum Gasteiger partial charge on any atom is 0.191 e. The number of nitrogens with zero attached hydrogens (tertiary/aromatic N) is 2. The molecule has 132 valence electrons. The summed E-state index contributed by atoms with van der Waals surface area (Å²) < 4.78 is 19.3. The van der Waals surface area contributed by atoms with Crippen LogP contribution in [0.15, 0.2) is 32.2 Å². The molecule has 5 nitrogen and oxygen atoms in total. The summed E-state index contributed by atoms with van der Waals surface area (Å²) in [6, 6.07) is 4.58. The Labute approximate surface area is 166 Å². The lowest BCUT2D eigenvalue weighted by molar-refractivity contribution is 0.392. The summed E-state index contributed by atoms with van der Waals surface area (Å²) in [7, 11) is 0. The first-order valence-corrected chi connectivity index (χ1v) is 8.18. The van der Waals surface area contributed by atoms with Gasteiger partial charge in [-0.1, -0.05) is 21.1 Å². The highest BCUT2D eigenvalue weighted by molar-refractivity contribution is 14.0. The fourth-order valence-corrected chi connectivity index (χ4v) is 2.47. The standard InChI is InChI=1S/C16H20BrFN4O.HI/c1-4-19-16(21-9-14-10(2)22-23-11(14)3)20-8-12-7-13(18)5-6-15(12)17;/h5-7H,4,8-9H2,1-3H3,(H2,19,20,21);1H. The molecular formula is C16H21BrFIN4O. The highest BCUT2D eigenvalue weighted by Crippen LogP contribution is 2.18. The molecule has 2 rings (SSSR count). The van der Waals surface area contributed by atoms with Crippen molar-refractivity contribution in [1.82, 2.24) is 15.8 Å². The molecule has 0 aliphatic heterocycles. The molecule has 0 saturated carbocycles. The molecule has 1 heterocycles. The summed E-state index contributed by atoms with van der Waals surface area (Å²) in [5, 5.41) is 10.3. The van der Waals surface area contributed by atoms with E-state index in [0.717, 1.165) is 33.6 Å². The largest absolute Gasteiger partial charge is 0.361 e. The number of rotatable bonds is 5. The van der Waals surface area contributed by atoms with Crippen molar-refractivity contribution in [1.29, 1.82) is 0 Å². The Morgan fingerprint density at radius 3 is 2.71 bits per heavy atom. The molecule has 0 unspecified atom stereocenters. The van der Waals surface area contributed by atoms with Gasteiger partial charge < -0.3 is 15.2 Å². The van der Waals surface area contributed by atoms with Gasteiger partial charge in [-0.05, 0) is 44.5 Å². The zero-order chi connectivity index (χ0) is 16.8. The average molecular weight is 511 g/mol. The molecule has 0 aliphatic carbocycles. The van der Waals surface area contributed by atoms with E-state index in [0.29, 0.717) is 19.0 Å². The maximum absolute atomic E-state index is 13.3. The number of guanidine groups is 1.